The van der Waals surface area contributed by atoms with Gasteiger partial charge >= 0.3 is 0 Å². The standard InChI is InChI=1S/C29H27N3O5/c1-32(16-19-7-8-21-14-23(35-2)11-9-20(21)13-19)17-28(33)31-25-6-4-3-5-24(25)29(34)30-22-10-12-26-27(15-22)37-18-36-26/h3-15H,16-18H2,1-2H3,(H,30,34)(H,31,33). The van der Waals surface area contributed by atoms with Gasteiger partial charge in [-0.05, 0) is 65.8 Å². The molecule has 0 saturated carbocycles. The maximum absolute atomic E-state index is 13.0. The van der Waals surface area contributed by atoms with E-state index in [0.29, 0.717) is 35.0 Å². The number of carbonyl (C=O) groups is 2. The zero-order chi connectivity index (χ0) is 25.8. The molecule has 1 aliphatic heterocycles. The molecule has 0 unspecified atom stereocenters. The molecule has 8 heteroatoms. The first kappa shape index (κ1) is 24.1. The van der Waals surface area contributed by atoms with Gasteiger partial charge in [-0.25, -0.2) is 0 Å². The van der Waals surface area contributed by atoms with Gasteiger partial charge in [-0.3, -0.25) is 14.5 Å². The zero-order valence-electron chi connectivity index (χ0n) is 20.6. The number of ether oxygens (including phenoxy) is 3. The number of rotatable bonds is 8. The minimum atomic E-state index is -0.337. The van der Waals surface area contributed by atoms with E-state index >= 15 is 0 Å². The first-order chi connectivity index (χ1) is 18.0. The van der Waals surface area contributed by atoms with Crippen molar-refractivity contribution < 1.29 is 23.8 Å². The molecule has 8 nitrogen and oxygen atoms in total. The maximum Gasteiger partial charge on any atom is 0.257 e. The van der Waals surface area contributed by atoms with E-state index in [0.717, 1.165) is 22.1 Å². The second-order valence-electron chi connectivity index (χ2n) is 8.84. The second kappa shape index (κ2) is 10.6. The van der Waals surface area contributed by atoms with Gasteiger partial charge in [0.25, 0.3) is 5.91 Å². The van der Waals surface area contributed by atoms with E-state index in [1.165, 1.54) is 0 Å². The molecule has 0 fully saturated rings. The summed E-state index contributed by atoms with van der Waals surface area (Å²) >= 11 is 0. The third-order valence-corrected chi connectivity index (χ3v) is 6.05. The molecule has 0 radical (unpaired) electrons. The van der Waals surface area contributed by atoms with Crippen LogP contribution >= 0.6 is 0 Å². The largest absolute Gasteiger partial charge is 0.497 e. The fourth-order valence-electron chi connectivity index (χ4n) is 4.26. The lowest BCUT2D eigenvalue weighted by atomic mass is 10.1. The molecule has 4 aromatic carbocycles. The summed E-state index contributed by atoms with van der Waals surface area (Å²) in [6, 6.07) is 24.3. The van der Waals surface area contributed by atoms with Crippen molar-refractivity contribution in [1.82, 2.24) is 4.90 Å². The van der Waals surface area contributed by atoms with E-state index in [-0.39, 0.29) is 25.2 Å². The van der Waals surface area contributed by atoms with E-state index < -0.39 is 0 Å². The molecule has 0 aromatic heterocycles. The van der Waals surface area contributed by atoms with Gasteiger partial charge in [0.15, 0.2) is 11.5 Å². The summed E-state index contributed by atoms with van der Waals surface area (Å²) < 4.78 is 16.0. The molecular weight excluding hydrogens is 470 g/mol. The highest BCUT2D eigenvalue weighted by Gasteiger charge is 2.17. The highest BCUT2D eigenvalue weighted by molar-refractivity contribution is 6.10. The molecule has 5 rings (SSSR count). The molecular formula is C29H27N3O5. The van der Waals surface area contributed by atoms with E-state index in [4.69, 9.17) is 14.2 Å². The highest BCUT2D eigenvalue weighted by atomic mass is 16.7. The lowest BCUT2D eigenvalue weighted by molar-refractivity contribution is -0.117. The van der Waals surface area contributed by atoms with E-state index in [2.05, 4.69) is 22.8 Å². The van der Waals surface area contributed by atoms with Crippen LogP contribution in [0, 0.1) is 0 Å². The SMILES string of the molecule is COc1ccc2cc(CN(C)CC(=O)Nc3ccccc3C(=O)Nc3ccc4c(c3)OCO4)ccc2c1. The number of methoxy groups -OCH3 is 1. The van der Waals surface area contributed by atoms with Crippen LogP contribution in [0.15, 0.2) is 78.9 Å². The molecule has 188 valence electrons. The fraction of sp³-hybridized carbons (Fsp3) is 0.172. The molecule has 0 spiro atoms. The number of likely N-dealkylation sites (N-methyl/N-ethyl adjacent to an activating group) is 1. The molecule has 1 heterocycles. The molecule has 0 aliphatic carbocycles. The summed E-state index contributed by atoms with van der Waals surface area (Å²) in [6.45, 7) is 0.923. The Labute approximate surface area is 214 Å². The molecule has 1 aliphatic rings. The number of nitrogens with one attached hydrogen (secondary N) is 2. The van der Waals surface area contributed by atoms with Crippen LogP contribution in [0.5, 0.6) is 17.2 Å². The summed E-state index contributed by atoms with van der Waals surface area (Å²) in [6.07, 6.45) is 0. The predicted octanol–water partition coefficient (Wildman–Crippen LogP) is 4.90. The quantitative estimate of drug-likeness (QED) is 0.360. The van der Waals surface area contributed by atoms with Gasteiger partial charge in [-0.1, -0.05) is 30.3 Å². The second-order valence-corrected chi connectivity index (χ2v) is 8.84. The third-order valence-electron chi connectivity index (χ3n) is 6.05. The Kier molecular flexibility index (Phi) is 6.91. The van der Waals surface area contributed by atoms with Gasteiger partial charge in [0.05, 0.1) is 24.9 Å². The predicted molar refractivity (Wildman–Crippen MR) is 142 cm³/mol. The van der Waals surface area contributed by atoms with Crippen molar-refractivity contribution >= 4 is 34.0 Å². The van der Waals surface area contributed by atoms with Crippen LogP contribution in [-0.4, -0.2) is 44.2 Å². The molecule has 2 amide bonds. The van der Waals surface area contributed by atoms with Crippen LogP contribution in [-0.2, 0) is 11.3 Å². The van der Waals surface area contributed by atoms with Gasteiger partial charge < -0.3 is 24.8 Å². The van der Waals surface area contributed by atoms with Crippen molar-refractivity contribution in [3.63, 3.8) is 0 Å². The van der Waals surface area contributed by atoms with Crippen molar-refractivity contribution in [3.8, 4) is 17.2 Å². The molecule has 0 atom stereocenters. The van der Waals surface area contributed by atoms with Crippen LogP contribution < -0.4 is 24.8 Å². The Bertz CT molecular complexity index is 1470. The van der Waals surface area contributed by atoms with Crippen molar-refractivity contribution in [3.05, 3.63) is 90.0 Å². The average Bonchev–Trinajstić information content (AvgIpc) is 3.36. The number of anilines is 2. The van der Waals surface area contributed by atoms with E-state index in [1.807, 2.05) is 36.2 Å². The molecule has 0 bridgehead atoms. The summed E-state index contributed by atoms with van der Waals surface area (Å²) in [4.78, 5) is 27.7. The highest BCUT2D eigenvalue weighted by Crippen LogP contribution is 2.34. The van der Waals surface area contributed by atoms with E-state index in [1.54, 1.807) is 49.6 Å². The number of carbonyl (C=O) groups excluding carboxylic acids is 2. The first-order valence-corrected chi connectivity index (χ1v) is 11.8. The van der Waals surface area contributed by atoms with Crippen LogP contribution in [0.1, 0.15) is 15.9 Å². The Morgan fingerprint density at radius 2 is 1.68 bits per heavy atom. The number of amides is 2. The van der Waals surface area contributed by atoms with Crippen LogP contribution in [0.25, 0.3) is 10.8 Å². The van der Waals surface area contributed by atoms with Crippen LogP contribution in [0.2, 0.25) is 0 Å². The number of para-hydroxylation sites is 1. The molecule has 2 N–H and O–H groups in total. The Morgan fingerprint density at radius 3 is 2.54 bits per heavy atom. The Hall–Kier alpha value is -4.56. The zero-order valence-corrected chi connectivity index (χ0v) is 20.6. The Morgan fingerprint density at radius 1 is 0.892 bits per heavy atom. The number of hydrogen-bond acceptors (Lipinski definition) is 6. The smallest absolute Gasteiger partial charge is 0.257 e. The molecule has 37 heavy (non-hydrogen) atoms. The fourth-order valence-corrected chi connectivity index (χ4v) is 4.26. The van der Waals surface area contributed by atoms with Gasteiger partial charge in [0.1, 0.15) is 5.75 Å². The number of fused-ring (bicyclic) bond motifs is 2. The van der Waals surface area contributed by atoms with Crippen LogP contribution in [0.4, 0.5) is 11.4 Å². The van der Waals surface area contributed by atoms with Crippen molar-refractivity contribution in [2.45, 2.75) is 6.54 Å². The number of benzene rings is 4. The summed E-state index contributed by atoms with van der Waals surface area (Å²) in [5.41, 5.74) is 2.47. The van der Waals surface area contributed by atoms with Crippen LogP contribution in [0.3, 0.4) is 0 Å². The lowest BCUT2D eigenvalue weighted by Gasteiger charge is -2.18. The number of hydrogen-bond donors (Lipinski definition) is 2. The van der Waals surface area contributed by atoms with Gasteiger partial charge in [0, 0.05) is 18.3 Å². The van der Waals surface area contributed by atoms with Crippen molar-refractivity contribution in [1.29, 1.82) is 0 Å². The maximum atomic E-state index is 13.0. The first-order valence-electron chi connectivity index (χ1n) is 11.8. The Balaban J connectivity index is 1.21. The third kappa shape index (κ3) is 5.65. The lowest BCUT2D eigenvalue weighted by Crippen LogP contribution is -2.30. The minimum absolute atomic E-state index is 0.159. The van der Waals surface area contributed by atoms with E-state index in [9.17, 15) is 9.59 Å². The van der Waals surface area contributed by atoms with Crippen molar-refractivity contribution in [2.24, 2.45) is 0 Å². The van der Waals surface area contributed by atoms with Gasteiger partial charge in [-0.15, -0.1) is 0 Å². The monoisotopic (exact) mass is 497 g/mol. The summed E-state index contributed by atoms with van der Waals surface area (Å²) in [7, 11) is 3.54. The van der Waals surface area contributed by atoms with Gasteiger partial charge in [0.2, 0.25) is 12.7 Å². The summed E-state index contributed by atoms with van der Waals surface area (Å²) in [5.74, 6) is 1.48. The average molecular weight is 498 g/mol. The normalized spacial score (nSPS) is 12.0. The number of nitrogens with zero attached hydrogens (tertiary/aromatic N) is 1. The van der Waals surface area contributed by atoms with Gasteiger partial charge in [-0.2, -0.15) is 0 Å². The summed E-state index contributed by atoms with van der Waals surface area (Å²) in [5, 5.41) is 7.94. The topological polar surface area (TPSA) is 89.1 Å². The van der Waals surface area contributed by atoms with Crippen molar-refractivity contribution in [2.75, 3.05) is 38.1 Å². The molecule has 4 aromatic rings. The minimum Gasteiger partial charge on any atom is -0.497 e. The molecule has 0 saturated heterocycles.